The van der Waals surface area contributed by atoms with E-state index in [2.05, 4.69) is 54.6 Å². The Kier molecular flexibility index (Phi) is 3.34. The van der Waals surface area contributed by atoms with Crippen molar-refractivity contribution in [3.8, 4) is 0 Å². The second kappa shape index (κ2) is 5.14. The molecule has 98 valence electrons. The van der Waals surface area contributed by atoms with Gasteiger partial charge in [0.15, 0.2) is 0 Å². The van der Waals surface area contributed by atoms with Crippen LogP contribution >= 0.6 is 0 Å². The average Bonchev–Trinajstić information content (AvgIpc) is 2.41. The van der Waals surface area contributed by atoms with E-state index >= 15 is 0 Å². The Labute approximate surface area is 114 Å². The van der Waals surface area contributed by atoms with Crippen LogP contribution in [0.2, 0.25) is 0 Å². The van der Waals surface area contributed by atoms with Crippen molar-refractivity contribution in [2.24, 2.45) is 0 Å². The van der Waals surface area contributed by atoms with Gasteiger partial charge in [0.2, 0.25) is 0 Å². The minimum Gasteiger partial charge on any atom is -0.316 e. The van der Waals surface area contributed by atoms with Crippen LogP contribution in [-0.4, -0.2) is 18.1 Å². The maximum absolute atomic E-state index is 4.52. The van der Waals surface area contributed by atoms with Crippen LogP contribution in [0.15, 0.2) is 42.6 Å². The van der Waals surface area contributed by atoms with Gasteiger partial charge in [0.05, 0.1) is 0 Å². The minimum absolute atomic E-state index is 0.475. The number of hydrogen-bond acceptors (Lipinski definition) is 2. The molecule has 0 radical (unpaired) electrons. The second-order valence-corrected chi connectivity index (χ2v) is 5.38. The number of aromatic nitrogens is 1. The molecule has 1 aliphatic rings. The number of rotatable bonds is 4. The number of hydrogen-bond donors (Lipinski definition) is 1. The highest BCUT2D eigenvalue weighted by atomic mass is 14.9. The third-order valence-corrected chi connectivity index (χ3v) is 4.28. The van der Waals surface area contributed by atoms with E-state index in [-0.39, 0.29) is 0 Å². The summed E-state index contributed by atoms with van der Waals surface area (Å²) in [6.07, 6.45) is 4.08. The number of aryl methyl sites for hydroxylation is 1. The first-order valence-electron chi connectivity index (χ1n) is 6.95. The summed E-state index contributed by atoms with van der Waals surface area (Å²) in [7, 11) is 2.06. The van der Waals surface area contributed by atoms with E-state index in [1.165, 1.54) is 28.8 Å². The lowest BCUT2D eigenvalue weighted by Crippen LogP contribution is -2.40. The van der Waals surface area contributed by atoms with Gasteiger partial charge in [-0.05, 0) is 43.1 Å². The lowest BCUT2D eigenvalue weighted by atomic mass is 9.72. The largest absolute Gasteiger partial charge is 0.316 e. The van der Waals surface area contributed by atoms with Crippen molar-refractivity contribution in [1.82, 2.24) is 10.3 Å². The molecule has 1 aliphatic carbocycles. The van der Waals surface area contributed by atoms with Crippen LogP contribution in [0.4, 0.5) is 0 Å². The fraction of sp³-hybridized carbons (Fsp3) is 0.353. The van der Waals surface area contributed by atoms with E-state index in [0.29, 0.717) is 12.0 Å². The Hall–Kier alpha value is -1.67. The maximum Gasteiger partial charge on any atom is 0.0448 e. The molecule has 2 nitrogen and oxygen atoms in total. The number of fused-ring (bicyclic) bond motifs is 1. The van der Waals surface area contributed by atoms with Gasteiger partial charge in [0, 0.05) is 30.3 Å². The zero-order valence-electron chi connectivity index (χ0n) is 11.6. The van der Waals surface area contributed by atoms with E-state index < -0.39 is 0 Å². The zero-order chi connectivity index (χ0) is 13.2. The molecule has 2 atom stereocenters. The van der Waals surface area contributed by atoms with Crippen molar-refractivity contribution in [3.05, 3.63) is 65.0 Å². The van der Waals surface area contributed by atoms with E-state index in [4.69, 9.17) is 0 Å². The third-order valence-electron chi connectivity index (χ3n) is 4.28. The molecule has 0 saturated carbocycles. The molecule has 1 heterocycles. The Morgan fingerprint density at radius 3 is 2.84 bits per heavy atom. The third kappa shape index (κ3) is 2.28. The lowest BCUT2D eigenvalue weighted by molar-refractivity contribution is 0.419. The van der Waals surface area contributed by atoms with Gasteiger partial charge in [-0.3, -0.25) is 4.98 Å². The molecule has 0 saturated heterocycles. The first-order valence-corrected chi connectivity index (χ1v) is 6.95. The van der Waals surface area contributed by atoms with Gasteiger partial charge in [-0.1, -0.05) is 30.3 Å². The summed E-state index contributed by atoms with van der Waals surface area (Å²) in [5, 5.41) is 3.48. The van der Waals surface area contributed by atoms with E-state index in [0.717, 1.165) is 6.42 Å². The fourth-order valence-corrected chi connectivity index (χ4v) is 3.04. The van der Waals surface area contributed by atoms with Crippen molar-refractivity contribution < 1.29 is 0 Å². The number of likely N-dealkylation sites (N-methyl/N-ethyl adjacent to an activating group) is 1. The number of nitrogens with zero attached hydrogens (tertiary/aromatic N) is 1. The second-order valence-electron chi connectivity index (χ2n) is 5.38. The van der Waals surface area contributed by atoms with Crippen LogP contribution < -0.4 is 5.32 Å². The number of benzene rings is 1. The summed E-state index contributed by atoms with van der Waals surface area (Å²) in [6.45, 7) is 2.14. The summed E-state index contributed by atoms with van der Waals surface area (Å²) >= 11 is 0. The van der Waals surface area contributed by atoms with Crippen LogP contribution in [0.1, 0.15) is 28.3 Å². The summed E-state index contributed by atoms with van der Waals surface area (Å²) in [6, 6.07) is 13.4. The Bertz CT molecular complexity index is 577. The van der Waals surface area contributed by atoms with Crippen LogP contribution in [0.3, 0.4) is 0 Å². The predicted octanol–water partition coefficient (Wildman–Crippen LogP) is 2.86. The number of nitrogens with one attached hydrogen (secondary N) is 1. The van der Waals surface area contributed by atoms with Crippen molar-refractivity contribution >= 4 is 0 Å². The van der Waals surface area contributed by atoms with Gasteiger partial charge in [0.25, 0.3) is 0 Å². The molecule has 0 bridgehead atoms. The molecule has 1 N–H and O–H groups in total. The van der Waals surface area contributed by atoms with Crippen LogP contribution in [0, 0.1) is 6.92 Å². The summed E-state index contributed by atoms with van der Waals surface area (Å²) in [5.74, 6) is 0.627. The van der Waals surface area contributed by atoms with Gasteiger partial charge < -0.3 is 5.32 Å². The quantitative estimate of drug-likeness (QED) is 0.905. The fourth-order valence-electron chi connectivity index (χ4n) is 3.04. The lowest BCUT2D eigenvalue weighted by Gasteiger charge is -2.36. The van der Waals surface area contributed by atoms with Gasteiger partial charge >= 0.3 is 0 Å². The monoisotopic (exact) mass is 252 g/mol. The van der Waals surface area contributed by atoms with Crippen molar-refractivity contribution in [1.29, 1.82) is 0 Å². The van der Waals surface area contributed by atoms with Gasteiger partial charge in [-0.25, -0.2) is 0 Å². The van der Waals surface area contributed by atoms with Crippen molar-refractivity contribution in [3.63, 3.8) is 0 Å². The van der Waals surface area contributed by atoms with Crippen LogP contribution in [0.5, 0.6) is 0 Å². The highest BCUT2D eigenvalue weighted by Gasteiger charge is 2.32. The van der Waals surface area contributed by atoms with Gasteiger partial charge in [-0.15, -0.1) is 0 Å². The zero-order valence-corrected chi connectivity index (χ0v) is 11.6. The minimum atomic E-state index is 0.475. The van der Waals surface area contributed by atoms with E-state index in [1.54, 1.807) is 0 Å². The molecule has 0 spiro atoms. The van der Waals surface area contributed by atoms with E-state index in [9.17, 15) is 0 Å². The Morgan fingerprint density at radius 1 is 1.26 bits per heavy atom. The molecular formula is C17H20N2. The first kappa shape index (κ1) is 12.4. The van der Waals surface area contributed by atoms with Crippen molar-refractivity contribution in [2.75, 3.05) is 7.05 Å². The standard InChI is InChI=1S/C17H20N2/c1-12-6-5-9-19-16(12)11-17(18-2)15-10-13-7-3-4-8-14(13)15/h3-9,15,17-18H,10-11H2,1-2H3. The van der Waals surface area contributed by atoms with Crippen molar-refractivity contribution in [2.45, 2.75) is 31.7 Å². The molecule has 0 amide bonds. The Morgan fingerprint density at radius 2 is 2.11 bits per heavy atom. The topological polar surface area (TPSA) is 24.9 Å². The molecule has 1 aromatic heterocycles. The maximum atomic E-state index is 4.52. The molecule has 1 aromatic carbocycles. The highest BCUT2D eigenvalue weighted by Crippen LogP contribution is 2.38. The smallest absolute Gasteiger partial charge is 0.0448 e. The van der Waals surface area contributed by atoms with Crippen LogP contribution in [0.25, 0.3) is 0 Å². The van der Waals surface area contributed by atoms with Gasteiger partial charge in [0.1, 0.15) is 0 Å². The predicted molar refractivity (Wildman–Crippen MR) is 78.4 cm³/mol. The van der Waals surface area contributed by atoms with Gasteiger partial charge in [-0.2, -0.15) is 0 Å². The summed E-state index contributed by atoms with van der Waals surface area (Å²) < 4.78 is 0. The van der Waals surface area contributed by atoms with E-state index in [1.807, 2.05) is 12.3 Å². The average molecular weight is 252 g/mol. The molecule has 2 aromatic rings. The molecule has 0 fully saturated rings. The number of pyridine rings is 1. The summed E-state index contributed by atoms with van der Waals surface area (Å²) in [4.78, 5) is 4.52. The Balaban J connectivity index is 1.79. The molecule has 19 heavy (non-hydrogen) atoms. The molecule has 0 aliphatic heterocycles. The molecule has 2 heteroatoms. The molecule has 3 rings (SSSR count). The molecule has 2 unspecified atom stereocenters. The normalized spacial score (nSPS) is 18.5. The molecular weight excluding hydrogens is 232 g/mol. The first-order chi connectivity index (χ1) is 9.29. The summed E-state index contributed by atoms with van der Waals surface area (Å²) in [5.41, 5.74) is 5.52. The SMILES string of the molecule is CNC(Cc1ncccc1C)C1Cc2ccccc21. The van der Waals surface area contributed by atoms with Crippen LogP contribution in [-0.2, 0) is 12.8 Å². The highest BCUT2D eigenvalue weighted by molar-refractivity contribution is 5.41.